The Kier molecular flexibility index (Phi) is 5.31. The van der Waals surface area contributed by atoms with Crippen molar-refractivity contribution in [1.29, 1.82) is 0 Å². The Labute approximate surface area is 149 Å². The van der Waals surface area contributed by atoms with E-state index in [1.54, 1.807) is 18.2 Å². The molecular formula is C17H21FN4O2S. The molecule has 3 rings (SSSR count). The van der Waals surface area contributed by atoms with Crippen LogP contribution in [0.3, 0.4) is 0 Å². The Hall–Kier alpha value is -2.03. The number of benzene rings is 1. The van der Waals surface area contributed by atoms with Gasteiger partial charge in [-0.1, -0.05) is 43.4 Å². The number of halogens is 1. The molecule has 3 aromatic rings. The molecule has 0 spiro atoms. The van der Waals surface area contributed by atoms with Crippen LogP contribution in [-0.2, 0) is 6.42 Å². The fourth-order valence-electron chi connectivity index (χ4n) is 2.92. The number of aryl methyl sites for hydroxylation is 1. The highest BCUT2D eigenvalue weighted by atomic mass is 32.1. The van der Waals surface area contributed by atoms with Gasteiger partial charge in [0, 0.05) is 18.5 Å². The van der Waals surface area contributed by atoms with Gasteiger partial charge >= 0.3 is 0 Å². The lowest BCUT2D eigenvalue weighted by Crippen LogP contribution is -2.32. The molecule has 0 saturated carbocycles. The fourth-order valence-corrected chi connectivity index (χ4v) is 4.04. The number of hydrogen-bond donors (Lipinski definition) is 2. The van der Waals surface area contributed by atoms with Crippen LogP contribution in [0.5, 0.6) is 5.88 Å². The molecule has 6 nitrogen and oxygen atoms in total. The molecule has 0 aliphatic rings. The first-order valence-electron chi connectivity index (χ1n) is 8.27. The number of thiazole rings is 1. The van der Waals surface area contributed by atoms with E-state index in [1.165, 1.54) is 21.9 Å². The molecule has 0 aliphatic carbocycles. The van der Waals surface area contributed by atoms with Crippen molar-refractivity contribution in [3.05, 3.63) is 46.3 Å². The Morgan fingerprint density at radius 3 is 2.68 bits per heavy atom. The first-order valence-corrected chi connectivity index (χ1v) is 9.08. The standard InChI is InChI=1S/C17H21FN4O2S/c1-3-13-19-17-22(20-13)16(24)15(25-17)14(21(4-2)9-10-23)11-7-5-6-8-12(11)18/h5-8,14,23-24H,3-4,9-10H2,1-2H3. The maximum atomic E-state index is 14.5. The van der Waals surface area contributed by atoms with Gasteiger partial charge in [-0.05, 0) is 12.6 Å². The van der Waals surface area contributed by atoms with E-state index >= 15 is 0 Å². The van der Waals surface area contributed by atoms with Crippen LogP contribution in [0.25, 0.3) is 4.96 Å². The van der Waals surface area contributed by atoms with Crippen LogP contribution < -0.4 is 0 Å². The van der Waals surface area contributed by atoms with Gasteiger partial charge in [-0.15, -0.1) is 5.10 Å². The summed E-state index contributed by atoms with van der Waals surface area (Å²) < 4.78 is 15.9. The van der Waals surface area contributed by atoms with E-state index < -0.39 is 6.04 Å². The van der Waals surface area contributed by atoms with Crippen molar-refractivity contribution in [1.82, 2.24) is 19.5 Å². The third-order valence-electron chi connectivity index (χ3n) is 4.17. The van der Waals surface area contributed by atoms with E-state index in [0.29, 0.717) is 40.7 Å². The second-order valence-electron chi connectivity index (χ2n) is 5.64. The minimum atomic E-state index is -0.517. The van der Waals surface area contributed by atoms with Crippen LogP contribution >= 0.6 is 11.3 Å². The van der Waals surface area contributed by atoms with Crippen molar-refractivity contribution in [3.8, 4) is 5.88 Å². The molecule has 2 heterocycles. The molecule has 25 heavy (non-hydrogen) atoms. The van der Waals surface area contributed by atoms with Gasteiger partial charge in [0.05, 0.1) is 17.5 Å². The number of fused-ring (bicyclic) bond motifs is 1. The molecule has 1 atom stereocenters. The number of aliphatic hydroxyl groups is 1. The number of likely N-dealkylation sites (N-methyl/N-ethyl adjacent to an activating group) is 1. The molecule has 0 amide bonds. The number of nitrogens with zero attached hydrogens (tertiary/aromatic N) is 4. The minimum absolute atomic E-state index is 0.0307. The number of aromatic hydroxyl groups is 1. The predicted octanol–water partition coefficient (Wildman–Crippen LogP) is 2.60. The van der Waals surface area contributed by atoms with Gasteiger partial charge in [-0.25, -0.2) is 9.37 Å². The van der Waals surface area contributed by atoms with Crippen LogP contribution in [0.1, 0.15) is 36.2 Å². The van der Waals surface area contributed by atoms with Gasteiger partial charge in [-0.3, -0.25) is 4.90 Å². The maximum absolute atomic E-state index is 14.5. The summed E-state index contributed by atoms with van der Waals surface area (Å²) in [6.07, 6.45) is 0.672. The van der Waals surface area contributed by atoms with Crippen LogP contribution in [0, 0.1) is 5.82 Å². The summed E-state index contributed by atoms with van der Waals surface area (Å²) in [6, 6.07) is 5.98. The van der Waals surface area contributed by atoms with Gasteiger partial charge in [-0.2, -0.15) is 4.52 Å². The maximum Gasteiger partial charge on any atom is 0.230 e. The highest BCUT2D eigenvalue weighted by Crippen LogP contribution is 2.40. The topological polar surface area (TPSA) is 73.9 Å². The van der Waals surface area contributed by atoms with Crippen molar-refractivity contribution in [3.63, 3.8) is 0 Å². The third kappa shape index (κ3) is 3.24. The number of aromatic nitrogens is 3. The summed E-state index contributed by atoms with van der Waals surface area (Å²) in [6.45, 7) is 4.78. The van der Waals surface area contributed by atoms with Gasteiger partial charge in [0.2, 0.25) is 10.8 Å². The molecule has 0 saturated heterocycles. The molecule has 1 unspecified atom stereocenters. The highest BCUT2D eigenvalue weighted by Gasteiger charge is 2.30. The zero-order valence-electron chi connectivity index (χ0n) is 14.2. The summed E-state index contributed by atoms with van der Waals surface area (Å²) in [5, 5.41) is 24.4. The van der Waals surface area contributed by atoms with Crippen molar-refractivity contribution in [2.45, 2.75) is 26.3 Å². The molecule has 2 N–H and O–H groups in total. The Morgan fingerprint density at radius 1 is 1.32 bits per heavy atom. The molecule has 2 aromatic heterocycles. The quantitative estimate of drug-likeness (QED) is 0.674. The largest absolute Gasteiger partial charge is 0.492 e. The first-order chi connectivity index (χ1) is 12.1. The number of rotatable bonds is 7. The molecule has 8 heteroatoms. The molecule has 1 aromatic carbocycles. The van der Waals surface area contributed by atoms with E-state index in [9.17, 15) is 14.6 Å². The third-order valence-corrected chi connectivity index (χ3v) is 5.24. The SMILES string of the molecule is CCc1nc2sc(C(c3ccccc3F)N(CC)CCO)c(O)n2n1. The Balaban J connectivity index is 2.15. The van der Waals surface area contributed by atoms with E-state index in [0.717, 1.165) is 0 Å². The van der Waals surface area contributed by atoms with E-state index in [-0.39, 0.29) is 18.3 Å². The van der Waals surface area contributed by atoms with Gasteiger partial charge in [0.15, 0.2) is 5.82 Å². The first kappa shape index (κ1) is 17.8. The Bertz CT molecular complexity index is 864. The van der Waals surface area contributed by atoms with Crippen LogP contribution in [0.15, 0.2) is 24.3 Å². The van der Waals surface area contributed by atoms with E-state index in [4.69, 9.17) is 0 Å². The average Bonchev–Trinajstić information content (AvgIpc) is 3.15. The zero-order chi connectivity index (χ0) is 18.0. The summed E-state index contributed by atoms with van der Waals surface area (Å²) in [5.41, 5.74) is 0.452. The lowest BCUT2D eigenvalue weighted by Gasteiger charge is -2.30. The van der Waals surface area contributed by atoms with E-state index in [2.05, 4.69) is 10.1 Å². The monoisotopic (exact) mass is 364 g/mol. The van der Waals surface area contributed by atoms with Crippen molar-refractivity contribution < 1.29 is 14.6 Å². The molecule has 0 radical (unpaired) electrons. The average molecular weight is 364 g/mol. The second kappa shape index (κ2) is 7.47. The van der Waals surface area contributed by atoms with Crippen molar-refractivity contribution >= 4 is 16.3 Å². The van der Waals surface area contributed by atoms with Gasteiger partial charge in [0.1, 0.15) is 5.82 Å². The smallest absolute Gasteiger partial charge is 0.230 e. The molecular weight excluding hydrogens is 343 g/mol. The minimum Gasteiger partial charge on any atom is -0.492 e. The number of aliphatic hydroxyl groups excluding tert-OH is 1. The zero-order valence-corrected chi connectivity index (χ0v) is 15.0. The highest BCUT2D eigenvalue weighted by molar-refractivity contribution is 7.17. The van der Waals surface area contributed by atoms with Crippen molar-refractivity contribution in [2.24, 2.45) is 0 Å². The fraction of sp³-hybridized carbons (Fsp3) is 0.412. The van der Waals surface area contributed by atoms with Gasteiger partial charge < -0.3 is 10.2 Å². The van der Waals surface area contributed by atoms with Gasteiger partial charge in [0.25, 0.3) is 0 Å². The molecule has 0 bridgehead atoms. The lowest BCUT2D eigenvalue weighted by atomic mass is 10.0. The summed E-state index contributed by atoms with van der Waals surface area (Å²) in [5.74, 6) is 0.270. The van der Waals surface area contributed by atoms with Crippen LogP contribution in [-0.4, -0.2) is 49.4 Å². The van der Waals surface area contributed by atoms with Crippen LogP contribution in [0.4, 0.5) is 4.39 Å². The Morgan fingerprint density at radius 2 is 2.08 bits per heavy atom. The lowest BCUT2D eigenvalue weighted by molar-refractivity contribution is 0.172. The van der Waals surface area contributed by atoms with Crippen LogP contribution in [0.2, 0.25) is 0 Å². The molecule has 134 valence electrons. The summed E-state index contributed by atoms with van der Waals surface area (Å²) in [7, 11) is 0. The normalized spacial score (nSPS) is 13.0. The number of hydrogen-bond acceptors (Lipinski definition) is 6. The predicted molar refractivity (Wildman–Crippen MR) is 94.5 cm³/mol. The summed E-state index contributed by atoms with van der Waals surface area (Å²) >= 11 is 1.29. The summed E-state index contributed by atoms with van der Waals surface area (Å²) in [4.78, 5) is 7.45. The molecule has 0 fully saturated rings. The van der Waals surface area contributed by atoms with Crippen molar-refractivity contribution in [2.75, 3.05) is 19.7 Å². The molecule has 0 aliphatic heterocycles. The van der Waals surface area contributed by atoms with E-state index in [1.807, 2.05) is 18.7 Å². The second-order valence-corrected chi connectivity index (χ2v) is 6.65.